The molecule has 0 saturated heterocycles. The van der Waals surface area contributed by atoms with E-state index in [-0.39, 0.29) is 11.1 Å². The van der Waals surface area contributed by atoms with Gasteiger partial charge in [-0.3, -0.25) is 5.84 Å². The molecule has 0 bridgehead atoms. The second-order valence-electron chi connectivity index (χ2n) is 5.34. The summed E-state index contributed by atoms with van der Waals surface area (Å²) in [6.07, 6.45) is 6.77. The third kappa shape index (κ3) is 3.47. The van der Waals surface area contributed by atoms with Crippen LogP contribution >= 0.6 is 0 Å². The lowest BCUT2D eigenvalue weighted by Crippen LogP contribution is -2.39. The second kappa shape index (κ2) is 6.51. The van der Waals surface area contributed by atoms with Crippen LogP contribution in [-0.2, 0) is 10.0 Å². The smallest absolute Gasteiger partial charge is 0.260 e. The molecule has 1 aliphatic rings. The van der Waals surface area contributed by atoms with Crippen molar-refractivity contribution in [3.05, 3.63) is 18.3 Å². The van der Waals surface area contributed by atoms with E-state index in [0.717, 1.165) is 19.3 Å². The van der Waals surface area contributed by atoms with Gasteiger partial charge in [0.1, 0.15) is 0 Å². The van der Waals surface area contributed by atoms with Gasteiger partial charge in [0, 0.05) is 12.2 Å². The van der Waals surface area contributed by atoms with Crippen LogP contribution in [0.25, 0.3) is 0 Å². The van der Waals surface area contributed by atoms with Crippen LogP contribution in [0.1, 0.15) is 39.0 Å². The van der Waals surface area contributed by atoms with Gasteiger partial charge < -0.3 is 5.43 Å². The van der Waals surface area contributed by atoms with Gasteiger partial charge in [-0.15, -0.1) is 0 Å². The molecule has 1 aromatic rings. The minimum absolute atomic E-state index is 0.0323. The fraction of sp³-hybridized carbons (Fsp3) is 0.615. The monoisotopic (exact) mass is 298 g/mol. The Hall–Kier alpha value is -1.18. The third-order valence-electron chi connectivity index (χ3n) is 3.85. The number of rotatable bonds is 4. The van der Waals surface area contributed by atoms with E-state index in [9.17, 15) is 8.42 Å². The summed E-state index contributed by atoms with van der Waals surface area (Å²) < 4.78 is 27.7. The molecule has 2 rings (SSSR count). The molecule has 0 spiro atoms. The number of hydrogen-bond acceptors (Lipinski definition) is 5. The van der Waals surface area contributed by atoms with Crippen molar-refractivity contribution in [3.63, 3.8) is 0 Å². The van der Waals surface area contributed by atoms with Crippen molar-refractivity contribution >= 4 is 15.7 Å². The van der Waals surface area contributed by atoms with E-state index in [1.165, 1.54) is 19.0 Å². The van der Waals surface area contributed by atoms with E-state index in [4.69, 9.17) is 5.84 Å². The van der Waals surface area contributed by atoms with Crippen molar-refractivity contribution in [2.45, 2.75) is 50.1 Å². The largest absolute Gasteiger partial charge is 0.321 e. The quantitative estimate of drug-likeness (QED) is 0.446. The molecule has 1 fully saturated rings. The molecule has 7 heteroatoms. The number of nitrogen functional groups attached to an aromatic ring is 1. The number of anilines is 1. The van der Waals surface area contributed by atoms with Gasteiger partial charge in [-0.25, -0.2) is 18.1 Å². The first-order valence-electron chi connectivity index (χ1n) is 6.98. The summed E-state index contributed by atoms with van der Waals surface area (Å²) in [6.45, 7) is 2.10. The molecule has 0 aromatic carbocycles. The Morgan fingerprint density at radius 3 is 2.80 bits per heavy atom. The number of nitrogens with two attached hydrogens (primary N) is 1. The van der Waals surface area contributed by atoms with Gasteiger partial charge in [0.2, 0.25) is 0 Å². The molecule has 4 N–H and O–H groups in total. The summed E-state index contributed by atoms with van der Waals surface area (Å²) in [4.78, 5) is 3.94. The van der Waals surface area contributed by atoms with Crippen molar-refractivity contribution < 1.29 is 8.42 Å². The van der Waals surface area contributed by atoms with Gasteiger partial charge in [-0.2, -0.15) is 0 Å². The van der Waals surface area contributed by atoms with Gasteiger partial charge in [0.15, 0.2) is 5.03 Å². The molecular formula is C13H22N4O2S. The van der Waals surface area contributed by atoms with Crippen LogP contribution in [0.3, 0.4) is 0 Å². The maximum atomic E-state index is 12.5. The molecule has 1 saturated carbocycles. The Kier molecular flexibility index (Phi) is 4.95. The van der Waals surface area contributed by atoms with Crippen molar-refractivity contribution in [2.24, 2.45) is 11.8 Å². The van der Waals surface area contributed by atoms with Crippen LogP contribution in [0, 0.1) is 5.92 Å². The Bertz CT molecular complexity index is 547. The van der Waals surface area contributed by atoms with E-state index in [2.05, 4.69) is 22.1 Å². The second-order valence-corrected chi connectivity index (χ2v) is 6.97. The predicted molar refractivity (Wildman–Crippen MR) is 78.4 cm³/mol. The molecular weight excluding hydrogens is 276 g/mol. The molecule has 0 amide bonds. The van der Waals surface area contributed by atoms with Crippen LogP contribution in [0.15, 0.2) is 23.4 Å². The van der Waals surface area contributed by atoms with Gasteiger partial charge in [0.25, 0.3) is 10.0 Å². The zero-order valence-electron chi connectivity index (χ0n) is 11.7. The first-order valence-corrected chi connectivity index (χ1v) is 8.47. The van der Waals surface area contributed by atoms with Crippen LogP contribution in [0.2, 0.25) is 0 Å². The van der Waals surface area contributed by atoms with Crippen molar-refractivity contribution in [1.82, 2.24) is 9.71 Å². The lowest BCUT2D eigenvalue weighted by atomic mass is 9.98. The highest BCUT2D eigenvalue weighted by molar-refractivity contribution is 7.89. The summed E-state index contributed by atoms with van der Waals surface area (Å²) in [5.41, 5.74) is 2.69. The molecule has 1 heterocycles. The lowest BCUT2D eigenvalue weighted by Gasteiger charge is -2.22. The van der Waals surface area contributed by atoms with Crippen LogP contribution in [0.4, 0.5) is 5.69 Å². The number of hydrogen-bond donors (Lipinski definition) is 3. The zero-order valence-corrected chi connectivity index (χ0v) is 12.5. The Balaban J connectivity index is 2.22. The van der Waals surface area contributed by atoms with Crippen molar-refractivity contribution in [2.75, 3.05) is 5.43 Å². The minimum atomic E-state index is -3.66. The predicted octanol–water partition coefficient (Wildman–Crippen LogP) is 1.61. The fourth-order valence-electron chi connectivity index (χ4n) is 2.64. The normalized spacial score (nSPS) is 24.1. The first-order chi connectivity index (χ1) is 9.54. The molecule has 6 nitrogen and oxygen atoms in total. The van der Waals surface area contributed by atoms with Crippen LogP contribution in [0.5, 0.6) is 0 Å². The molecule has 1 aromatic heterocycles. The summed E-state index contributed by atoms with van der Waals surface area (Å²) in [5, 5.41) is -0.0426. The van der Waals surface area contributed by atoms with E-state index in [1.54, 1.807) is 12.1 Å². The standard InChI is InChI=1S/C13H22N4O2S/c1-10-6-3-2-4-7-11(10)17-20(18,19)13-12(16-14)8-5-9-15-13/h5,8-11,16-17H,2-4,6-7,14H2,1H3. The average molecular weight is 298 g/mol. The number of pyridine rings is 1. The van der Waals surface area contributed by atoms with E-state index in [0.29, 0.717) is 11.6 Å². The zero-order chi connectivity index (χ0) is 14.6. The Labute approximate surface area is 120 Å². The van der Waals surface area contributed by atoms with Crippen molar-refractivity contribution in [1.29, 1.82) is 0 Å². The molecule has 2 atom stereocenters. The third-order valence-corrected chi connectivity index (χ3v) is 5.30. The Morgan fingerprint density at radius 2 is 2.05 bits per heavy atom. The highest BCUT2D eigenvalue weighted by Crippen LogP contribution is 2.25. The summed E-state index contributed by atoms with van der Waals surface area (Å²) in [5.74, 6) is 5.69. The number of sulfonamides is 1. The van der Waals surface area contributed by atoms with E-state index in [1.807, 2.05) is 0 Å². The fourth-order valence-corrected chi connectivity index (χ4v) is 4.11. The van der Waals surface area contributed by atoms with Gasteiger partial charge in [-0.05, 0) is 30.9 Å². The summed E-state index contributed by atoms with van der Waals surface area (Å²) in [6, 6.07) is 3.20. The molecule has 112 valence electrons. The maximum Gasteiger partial charge on any atom is 0.260 e. The number of nitrogens with one attached hydrogen (secondary N) is 2. The van der Waals surface area contributed by atoms with E-state index >= 15 is 0 Å². The highest BCUT2D eigenvalue weighted by atomic mass is 32.2. The highest BCUT2D eigenvalue weighted by Gasteiger charge is 2.28. The van der Waals surface area contributed by atoms with Gasteiger partial charge in [0.05, 0.1) is 5.69 Å². The van der Waals surface area contributed by atoms with E-state index < -0.39 is 10.0 Å². The number of hydrazine groups is 1. The SMILES string of the molecule is CC1CCCCCC1NS(=O)(=O)c1ncccc1NN. The maximum absolute atomic E-state index is 12.5. The average Bonchev–Trinajstić information content (AvgIpc) is 2.64. The molecule has 1 aliphatic carbocycles. The molecule has 0 aliphatic heterocycles. The van der Waals surface area contributed by atoms with Gasteiger partial charge >= 0.3 is 0 Å². The lowest BCUT2D eigenvalue weighted by molar-refractivity contribution is 0.399. The molecule has 20 heavy (non-hydrogen) atoms. The number of nitrogens with zero attached hydrogens (tertiary/aromatic N) is 1. The Morgan fingerprint density at radius 1 is 1.30 bits per heavy atom. The summed E-state index contributed by atoms with van der Waals surface area (Å²) in [7, 11) is -3.66. The van der Waals surface area contributed by atoms with Crippen LogP contribution < -0.4 is 16.0 Å². The van der Waals surface area contributed by atoms with Gasteiger partial charge in [-0.1, -0.05) is 26.2 Å². The molecule has 2 unspecified atom stereocenters. The first kappa shape index (κ1) is 15.2. The summed E-state index contributed by atoms with van der Waals surface area (Å²) >= 11 is 0. The molecule has 0 radical (unpaired) electrons. The van der Waals surface area contributed by atoms with Crippen molar-refractivity contribution in [3.8, 4) is 0 Å². The number of aromatic nitrogens is 1. The minimum Gasteiger partial charge on any atom is -0.321 e. The topological polar surface area (TPSA) is 97.1 Å². The van der Waals surface area contributed by atoms with Crippen LogP contribution in [-0.4, -0.2) is 19.4 Å².